The standard InChI is InChI=1S/C14H16N2O2/c1-18-11-8-15-14(17)12-4-6-13(7-5-12)16-9-2-3-10-16/h2-7,9-10H,8,11H2,1H3,(H,15,17). The molecule has 0 saturated carbocycles. The van der Waals surface area contributed by atoms with Crippen LogP contribution in [-0.2, 0) is 4.74 Å². The van der Waals surface area contributed by atoms with Crippen molar-refractivity contribution < 1.29 is 9.53 Å². The fourth-order valence-electron chi connectivity index (χ4n) is 1.66. The van der Waals surface area contributed by atoms with Gasteiger partial charge in [-0.2, -0.15) is 0 Å². The largest absolute Gasteiger partial charge is 0.383 e. The van der Waals surface area contributed by atoms with Crippen LogP contribution in [-0.4, -0.2) is 30.7 Å². The highest BCUT2D eigenvalue weighted by Crippen LogP contribution is 2.09. The summed E-state index contributed by atoms with van der Waals surface area (Å²) in [6, 6.07) is 11.4. The van der Waals surface area contributed by atoms with E-state index in [0.717, 1.165) is 5.69 Å². The van der Waals surface area contributed by atoms with Gasteiger partial charge in [0, 0.05) is 37.3 Å². The molecule has 4 heteroatoms. The molecule has 0 aliphatic carbocycles. The van der Waals surface area contributed by atoms with Crippen LogP contribution in [0.5, 0.6) is 0 Å². The second-order valence-electron chi connectivity index (χ2n) is 3.89. The molecule has 1 aromatic heterocycles. The van der Waals surface area contributed by atoms with Crippen molar-refractivity contribution in [1.29, 1.82) is 0 Å². The van der Waals surface area contributed by atoms with Crippen LogP contribution in [0.25, 0.3) is 5.69 Å². The third kappa shape index (κ3) is 2.99. The van der Waals surface area contributed by atoms with Crippen LogP contribution in [0.2, 0.25) is 0 Å². The van der Waals surface area contributed by atoms with Crippen molar-refractivity contribution in [2.75, 3.05) is 20.3 Å². The number of hydrogen-bond donors (Lipinski definition) is 1. The van der Waals surface area contributed by atoms with Gasteiger partial charge in [-0.3, -0.25) is 4.79 Å². The molecule has 0 aliphatic rings. The average Bonchev–Trinajstić information content (AvgIpc) is 2.93. The van der Waals surface area contributed by atoms with Crippen LogP contribution in [0.4, 0.5) is 0 Å². The Kier molecular flexibility index (Phi) is 4.15. The molecular formula is C14H16N2O2. The summed E-state index contributed by atoms with van der Waals surface area (Å²) >= 11 is 0. The van der Waals surface area contributed by atoms with E-state index in [4.69, 9.17) is 4.74 Å². The lowest BCUT2D eigenvalue weighted by atomic mass is 10.2. The summed E-state index contributed by atoms with van der Waals surface area (Å²) < 4.78 is 6.87. The summed E-state index contributed by atoms with van der Waals surface area (Å²) in [5, 5.41) is 2.78. The minimum atomic E-state index is -0.0777. The van der Waals surface area contributed by atoms with Gasteiger partial charge in [0.05, 0.1) is 6.61 Å². The first-order valence-electron chi connectivity index (χ1n) is 5.82. The van der Waals surface area contributed by atoms with Crippen LogP contribution in [0.15, 0.2) is 48.8 Å². The van der Waals surface area contributed by atoms with Gasteiger partial charge < -0.3 is 14.6 Å². The van der Waals surface area contributed by atoms with Crippen molar-refractivity contribution >= 4 is 5.91 Å². The lowest BCUT2D eigenvalue weighted by Crippen LogP contribution is -2.26. The molecule has 4 nitrogen and oxygen atoms in total. The zero-order valence-electron chi connectivity index (χ0n) is 10.3. The van der Waals surface area contributed by atoms with Gasteiger partial charge in [0.25, 0.3) is 5.91 Å². The lowest BCUT2D eigenvalue weighted by molar-refractivity contribution is 0.0937. The zero-order chi connectivity index (χ0) is 12.8. The molecule has 1 aromatic carbocycles. The monoisotopic (exact) mass is 244 g/mol. The van der Waals surface area contributed by atoms with Gasteiger partial charge in [0.1, 0.15) is 0 Å². The summed E-state index contributed by atoms with van der Waals surface area (Å²) in [7, 11) is 1.61. The normalized spacial score (nSPS) is 10.3. The molecule has 0 atom stereocenters. The Bertz CT molecular complexity index is 489. The van der Waals surface area contributed by atoms with Gasteiger partial charge in [0.15, 0.2) is 0 Å². The minimum absolute atomic E-state index is 0.0777. The van der Waals surface area contributed by atoms with E-state index in [1.54, 1.807) is 7.11 Å². The molecule has 0 aliphatic heterocycles. The first-order chi connectivity index (χ1) is 8.81. The lowest BCUT2D eigenvalue weighted by Gasteiger charge is -2.06. The molecule has 1 heterocycles. The van der Waals surface area contributed by atoms with Gasteiger partial charge in [-0.1, -0.05) is 0 Å². The van der Waals surface area contributed by atoms with E-state index >= 15 is 0 Å². The van der Waals surface area contributed by atoms with Crippen molar-refractivity contribution in [3.63, 3.8) is 0 Å². The Morgan fingerprint density at radius 1 is 1.22 bits per heavy atom. The maximum Gasteiger partial charge on any atom is 0.251 e. The molecule has 0 radical (unpaired) electrons. The smallest absolute Gasteiger partial charge is 0.251 e. The molecule has 2 rings (SSSR count). The van der Waals surface area contributed by atoms with Crippen molar-refractivity contribution in [3.05, 3.63) is 54.4 Å². The van der Waals surface area contributed by atoms with E-state index in [1.165, 1.54) is 0 Å². The van der Waals surface area contributed by atoms with Gasteiger partial charge in [-0.25, -0.2) is 0 Å². The first-order valence-corrected chi connectivity index (χ1v) is 5.82. The molecule has 0 bridgehead atoms. The highest BCUT2D eigenvalue weighted by molar-refractivity contribution is 5.94. The van der Waals surface area contributed by atoms with Gasteiger partial charge in [-0.15, -0.1) is 0 Å². The maximum absolute atomic E-state index is 11.7. The first kappa shape index (κ1) is 12.4. The molecule has 2 aromatic rings. The Balaban J connectivity index is 2.01. The molecule has 1 amide bonds. The summed E-state index contributed by atoms with van der Waals surface area (Å²) in [6.07, 6.45) is 3.93. The molecular weight excluding hydrogens is 228 g/mol. The number of hydrogen-bond acceptors (Lipinski definition) is 2. The average molecular weight is 244 g/mol. The van der Waals surface area contributed by atoms with Crippen LogP contribution >= 0.6 is 0 Å². The Morgan fingerprint density at radius 2 is 1.89 bits per heavy atom. The number of rotatable bonds is 5. The second-order valence-corrected chi connectivity index (χ2v) is 3.89. The zero-order valence-corrected chi connectivity index (χ0v) is 10.3. The predicted octanol–water partition coefficient (Wildman–Crippen LogP) is 1.85. The number of benzene rings is 1. The molecule has 0 fully saturated rings. The Hall–Kier alpha value is -2.07. The number of nitrogens with zero attached hydrogens (tertiary/aromatic N) is 1. The maximum atomic E-state index is 11.7. The molecule has 94 valence electrons. The quantitative estimate of drug-likeness (QED) is 0.816. The number of carbonyl (C=O) groups is 1. The number of nitrogens with one attached hydrogen (secondary N) is 1. The molecule has 0 saturated heterocycles. The summed E-state index contributed by atoms with van der Waals surface area (Å²) in [5.41, 5.74) is 1.69. The number of ether oxygens (including phenoxy) is 1. The SMILES string of the molecule is COCCNC(=O)c1ccc(-n2cccc2)cc1. The van der Waals surface area contributed by atoms with E-state index in [-0.39, 0.29) is 5.91 Å². The van der Waals surface area contributed by atoms with Crippen molar-refractivity contribution in [3.8, 4) is 5.69 Å². The summed E-state index contributed by atoms with van der Waals surface area (Å²) in [6.45, 7) is 1.04. The molecule has 18 heavy (non-hydrogen) atoms. The molecule has 0 spiro atoms. The van der Waals surface area contributed by atoms with Crippen LogP contribution in [0.3, 0.4) is 0 Å². The topological polar surface area (TPSA) is 43.3 Å². The number of aromatic nitrogens is 1. The molecule has 1 N–H and O–H groups in total. The van der Waals surface area contributed by atoms with Crippen LogP contribution in [0.1, 0.15) is 10.4 Å². The highest BCUT2D eigenvalue weighted by Gasteiger charge is 2.04. The van der Waals surface area contributed by atoms with Gasteiger partial charge in [-0.05, 0) is 36.4 Å². The predicted molar refractivity (Wildman–Crippen MR) is 70.0 cm³/mol. The number of methoxy groups -OCH3 is 1. The third-order valence-electron chi connectivity index (χ3n) is 2.62. The minimum Gasteiger partial charge on any atom is -0.383 e. The van der Waals surface area contributed by atoms with E-state index < -0.39 is 0 Å². The molecule has 0 unspecified atom stereocenters. The Morgan fingerprint density at radius 3 is 2.50 bits per heavy atom. The van der Waals surface area contributed by atoms with Crippen molar-refractivity contribution in [1.82, 2.24) is 9.88 Å². The van der Waals surface area contributed by atoms with E-state index in [0.29, 0.717) is 18.7 Å². The Labute approximate surface area is 106 Å². The van der Waals surface area contributed by atoms with Gasteiger partial charge in [0.2, 0.25) is 0 Å². The van der Waals surface area contributed by atoms with Gasteiger partial charge >= 0.3 is 0 Å². The van der Waals surface area contributed by atoms with Crippen molar-refractivity contribution in [2.24, 2.45) is 0 Å². The van der Waals surface area contributed by atoms with E-state index in [1.807, 2.05) is 53.4 Å². The van der Waals surface area contributed by atoms with E-state index in [2.05, 4.69) is 5.32 Å². The third-order valence-corrected chi connectivity index (χ3v) is 2.62. The van der Waals surface area contributed by atoms with Crippen molar-refractivity contribution in [2.45, 2.75) is 0 Å². The second kappa shape index (κ2) is 6.02. The number of amides is 1. The van der Waals surface area contributed by atoms with Crippen LogP contribution < -0.4 is 5.32 Å². The fraction of sp³-hybridized carbons (Fsp3) is 0.214. The van der Waals surface area contributed by atoms with E-state index in [9.17, 15) is 4.79 Å². The summed E-state index contributed by atoms with van der Waals surface area (Å²) in [4.78, 5) is 11.7. The fourth-order valence-corrected chi connectivity index (χ4v) is 1.66. The van der Waals surface area contributed by atoms with Crippen LogP contribution in [0, 0.1) is 0 Å². The number of carbonyl (C=O) groups excluding carboxylic acids is 1. The summed E-state index contributed by atoms with van der Waals surface area (Å²) in [5.74, 6) is -0.0777. The highest BCUT2D eigenvalue weighted by atomic mass is 16.5.